The van der Waals surface area contributed by atoms with Gasteiger partial charge in [-0.3, -0.25) is 10.00 Å². The van der Waals surface area contributed by atoms with E-state index >= 15 is 0 Å². The number of rotatable bonds is 6. The van der Waals surface area contributed by atoms with E-state index in [4.69, 9.17) is 9.15 Å². The lowest BCUT2D eigenvalue weighted by Gasteiger charge is -2.31. The standard InChI is InChI=1S/C18H23N5O2/c1-2-16-20-18(22-21-16)15-12-23(10-11-24-15)9-5-8-17-19-13-6-3-4-7-14(13)25-17/h3-4,6-7,15H,2,5,8-12H2,1H3,(H,20,21,22)/t15-/m0/s1. The summed E-state index contributed by atoms with van der Waals surface area (Å²) in [7, 11) is 0. The molecule has 0 unspecified atom stereocenters. The second-order valence-electron chi connectivity index (χ2n) is 6.33. The predicted octanol–water partition coefficient (Wildman–Crippen LogP) is 2.51. The van der Waals surface area contributed by atoms with Gasteiger partial charge in [0.25, 0.3) is 0 Å². The summed E-state index contributed by atoms with van der Waals surface area (Å²) in [6.45, 7) is 5.53. The first kappa shape index (κ1) is 16.2. The van der Waals surface area contributed by atoms with E-state index in [0.29, 0.717) is 6.61 Å². The minimum Gasteiger partial charge on any atom is -0.441 e. The second kappa shape index (κ2) is 7.33. The van der Waals surface area contributed by atoms with Crippen LogP contribution in [0, 0.1) is 0 Å². The van der Waals surface area contributed by atoms with Gasteiger partial charge in [0, 0.05) is 25.9 Å². The summed E-state index contributed by atoms with van der Waals surface area (Å²) < 4.78 is 11.6. The lowest BCUT2D eigenvalue weighted by Crippen LogP contribution is -2.39. The van der Waals surface area contributed by atoms with Gasteiger partial charge in [-0.15, -0.1) is 0 Å². The average molecular weight is 341 g/mol. The van der Waals surface area contributed by atoms with Crippen LogP contribution < -0.4 is 0 Å². The Bertz CT molecular complexity index is 795. The highest BCUT2D eigenvalue weighted by atomic mass is 16.5. The molecule has 132 valence electrons. The number of aromatic nitrogens is 4. The topological polar surface area (TPSA) is 80.1 Å². The number of oxazole rings is 1. The van der Waals surface area contributed by atoms with Crippen molar-refractivity contribution < 1.29 is 9.15 Å². The molecule has 2 aromatic heterocycles. The number of H-pyrrole nitrogens is 1. The van der Waals surface area contributed by atoms with Crippen LogP contribution in [0.3, 0.4) is 0 Å². The summed E-state index contributed by atoms with van der Waals surface area (Å²) in [5.41, 5.74) is 1.79. The molecule has 0 aliphatic carbocycles. The Morgan fingerprint density at radius 2 is 2.20 bits per heavy atom. The Hall–Kier alpha value is -2.25. The number of benzene rings is 1. The maximum absolute atomic E-state index is 5.84. The molecular formula is C18H23N5O2. The molecular weight excluding hydrogens is 318 g/mol. The molecule has 3 aromatic rings. The zero-order valence-corrected chi connectivity index (χ0v) is 14.4. The van der Waals surface area contributed by atoms with Crippen molar-refractivity contribution in [1.29, 1.82) is 0 Å². The van der Waals surface area contributed by atoms with Crippen molar-refractivity contribution in [2.75, 3.05) is 26.2 Å². The Kier molecular flexibility index (Phi) is 4.76. The molecule has 1 aliphatic rings. The number of ether oxygens (including phenoxy) is 1. The van der Waals surface area contributed by atoms with Crippen molar-refractivity contribution in [2.45, 2.75) is 32.3 Å². The van der Waals surface area contributed by atoms with Crippen molar-refractivity contribution in [1.82, 2.24) is 25.1 Å². The molecule has 1 atom stereocenters. The van der Waals surface area contributed by atoms with E-state index in [1.54, 1.807) is 0 Å². The number of fused-ring (bicyclic) bond motifs is 1. The molecule has 7 nitrogen and oxygen atoms in total. The molecule has 0 amide bonds. The fourth-order valence-electron chi connectivity index (χ4n) is 3.15. The van der Waals surface area contributed by atoms with E-state index < -0.39 is 0 Å². The minimum absolute atomic E-state index is 0.0466. The van der Waals surface area contributed by atoms with Gasteiger partial charge in [0.1, 0.15) is 17.4 Å². The summed E-state index contributed by atoms with van der Waals surface area (Å²) in [5.74, 6) is 2.49. The fourth-order valence-corrected chi connectivity index (χ4v) is 3.15. The maximum atomic E-state index is 5.84. The second-order valence-corrected chi connectivity index (χ2v) is 6.33. The molecule has 0 spiro atoms. The smallest absolute Gasteiger partial charge is 0.195 e. The van der Waals surface area contributed by atoms with E-state index in [0.717, 1.165) is 67.5 Å². The van der Waals surface area contributed by atoms with Crippen LogP contribution in [0.25, 0.3) is 11.1 Å². The highest BCUT2D eigenvalue weighted by molar-refractivity contribution is 5.72. The van der Waals surface area contributed by atoms with Crippen molar-refractivity contribution in [3.8, 4) is 0 Å². The molecule has 4 rings (SSSR count). The van der Waals surface area contributed by atoms with Crippen LogP contribution >= 0.6 is 0 Å². The monoisotopic (exact) mass is 341 g/mol. The van der Waals surface area contributed by atoms with E-state index in [1.807, 2.05) is 24.3 Å². The number of aromatic amines is 1. The van der Waals surface area contributed by atoms with Crippen LogP contribution in [0.2, 0.25) is 0 Å². The van der Waals surface area contributed by atoms with E-state index in [2.05, 4.69) is 32.0 Å². The fraction of sp³-hybridized carbons (Fsp3) is 0.500. The van der Waals surface area contributed by atoms with Gasteiger partial charge in [-0.1, -0.05) is 19.1 Å². The van der Waals surface area contributed by atoms with Crippen LogP contribution in [0.4, 0.5) is 0 Å². The quantitative estimate of drug-likeness (QED) is 0.742. The zero-order chi connectivity index (χ0) is 17.1. The van der Waals surface area contributed by atoms with E-state index in [1.165, 1.54) is 0 Å². The van der Waals surface area contributed by atoms with Gasteiger partial charge in [-0.25, -0.2) is 9.97 Å². The first-order valence-electron chi connectivity index (χ1n) is 8.91. The van der Waals surface area contributed by atoms with Gasteiger partial charge >= 0.3 is 0 Å². The Labute approximate surface area is 146 Å². The molecule has 7 heteroatoms. The van der Waals surface area contributed by atoms with Gasteiger partial charge in [0.15, 0.2) is 17.3 Å². The van der Waals surface area contributed by atoms with Crippen molar-refractivity contribution in [3.05, 3.63) is 41.8 Å². The summed E-state index contributed by atoms with van der Waals surface area (Å²) >= 11 is 0. The summed E-state index contributed by atoms with van der Waals surface area (Å²) in [4.78, 5) is 11.4. The third-order valence-electron chi connectivity index (χ3n) is 4.53. The minimum atomic E-state index is -0.0466. The predicted molar refractivity (Wildman–Crippen MR) is 93.2 cm³/mol. The van der Waals surface area contributed by atoms with Crippen LogP contribution in [0.15, 0.2) is 28.7 Å². The average Bonchev–Trinajstić information content (AvgIpc) is 3.28. The molecule has 25 heavy (non-hydrogen) atoms. The van der Waals surface area contributed by atoms with Gasteiger partial charge < -0.3 is 9.15 Å². The number of hydrogen-bond donors (Lipinski definition) is 1. The van der Waals surface area contributed by atoms with Gasteiger partial charge in [0.05, 0.1) is 6.61 Å². The molecule has 0 bridgehead atoms. The van der Waals surface area contributed by atoms with E-state index in [9.17, 15) is 0 Å². The highest BCUT2D eigenvalue weighted by Crippen LogP contribution is 2.20. The molecule has 1 aromatic carbocycles. The molecule has 1 fully saturated rings. The highest BCUT2D eigenvalue weighted by Gasteiger charge is 2.25. The summed E-state index contributed by atoms with van der Waals surface area (Å²) in [6.07, 6.45) is 2.66. The van der Waals surface area contributed by atoms with Gasteiger partial charge in [-0.05, 0) is 25.1 Å². The van der Waals surface area contributed by atoms with Gasteiger partial charge in [-0.2, -0.15) is 5.10 Å². The van der Waals surface area contributed by atoms with Crippen molar-refractivity contribution in [2.24, 2.45) is 0 Å². The lowest BCUT2D eigenvalue weighted by atomic mass is 10.2. The van der Waals surface area contributed by atoms with Crippen LogP contribution in [-0.2, 0) is 17.6 Å². The molecule has 1 aliphatic heterocycles. The number of aryl methyl sites for hydroxylation is 2. The molecule has 0 saturated carbocycles. The number of nitrogens with one attached hydrogen (secondary N) is 1. The lowest BCUT2D eigenvalue weighted by molar-refractivity contribution is -0.0344. The number of hydrogen-bond acceptors (Lipinski definition) is 6. The maximum Gasteiger partial charge on any atom is 0.195 e. The Balaban J connectivity index is 1.30. The Morgan fingerprint density at radius 3 is 3.04 bits per heavy atom. The van der Waals surface area contributed by atoms with Crippen LogP contribution in [0.1, 0.15) is 37.0 Å². The zero-order valence-electron chi connectivity index (χ0n) is 14.4. The normalized spacial score (nSPS) is 18.8. The number of nitrogens with zero attached hydrogens (tertiary/aromatic N) is 4. The first-order chi connectivity index (χ1) is 12.3. The molecule has 1 saturated heterocycles. The number of morpholine rings is 1. The largest absolute Gasteiger partial charge is 0.441 e. The SMILES string of the molecule is CCc1nc([C@@H]2CN(CCCc3nc4ccccc4o3)CCO2)n[nH]1. The third-order valence-corrected chi connectivity index (χ3v) is 4.53. The molecule has 0 radical (unpaired) electrons. The number of para-hydroxylation sites is 2. The Morgan fingerprint density at radius 1 is 1.28 bits per heavy atom. The third kappa shape index (κ3) is 3.72. The van der Waals surface area contributed by atoms with Crippen molar-refractivity contribution in [3.63, 3.8) is 0 Å². The van der Waals surface area contributed by atoms with Gasteiger partial charge in [0.2, 0.25) is 0 Å². The van der Waals surface area contributed by atoms with Crippen LogP contribution in [0.5, 0.6) is 0 Å². The summed E-state index contributed by atoms with van der Waals surface area (Å²) in [6, 6.07) is 7.89. The van der Waals surface area contributed by atoms with E-state index in [-0.39, 0.29) is 6.10 Å². The van der Waals surface area contributed by atoms with Crippen LogP contribution in [-0.4, -0.2) is 51.3 Å². The molecule has 3 heterocycles. The molecule has 1 N–H and O–H groups in total. The van der Waals surface area contributed by atoms with Crippen molar-refractivity contribution >= 4 is 11.1 Å². The summed E-state index contributed by atoms with van der Waals surface area (Å²) in [5, 5.41) is 7.25. The first-order valence-corrected chi connectivity index (χ1v) is 8.91.